The van der Waals surface area contributed by atoms with Crippen LogP contribution in [0.25, 0.3) is 11.5 Å². The van der Waals surface area contributed by atoms with Gasteiger partial charge in [-0.15, -0.1) is 10.2 Å². The summed E-state index contributed by atoms with van der Waals surface area (Å²) in [6.07, 6.45) is 2.27. The second kappa shape index (κ2) is 3.76. The Balaban J connectivity index is 2.04. The highest BCUT2D eigenvalue weighted by atomic mass is 16.5. The van der Waals surface area contributed by atoms with Gasteiger partial charge in [0.2, 0.25) is 5.89 Å². The molecule has 0 saturated heterocycles. The zero-order valence-corrected chi connectivity index (χ0v) is 9.51. The van der Waals surface area contributed by atoms with Crippen LogP contribution in [-0.4, -0.2) is 17.3 Å². The van der Waals surface area contributed by atoms with Crippen LogP contribution in [0.4, 0.5) is 5.69 Å². The van der Waals surface area contributed by atoms with Crippen LogP contribution in [0.3, 0.4) is 0 Å². The number of nitrogen functional groups attached to an aromatic ring is 1. The lowest BCUT2D eigenvalue weighted by Crippen LogP contribution is -1.94. The number of rotatable bonds is 3. The fraction of sp³-hybridized carbons (Fsp3) is 0.333. The molecule has 1 saturated carbocycles. The van der Waals surface area contributed by atoms with Gasteiger partial charge in [0.05, 0.1) is 18.4 Å². The highest BCUT2D eigenvalue weighted by Gasteiger charge is 2.30. The molecule has 0 amide bonds. The maximum atomic E-state index is 5.83. The van der Waals surface area contributed by atoms with Gasteiger partial charge in [0.25, 0.3) is 5.89 Å². The summed E-state index contributed by atoms with van der Waals surface area (Å²) in [4.78, 5) is 0. The first-order valence-corrected chi connectivity index (χ1v) is 5.56. The van der Waals surface area contributed by atoms with Gasteiger partial charge in [0, 0.05) is 5.92 Å². The van der Waals surface area contributed by atoms with Crippen molar-refractivity contribution in [2.24, 2.45) is 0 Å². The lowest BCUT2D eigenvalue weighted by atomic mass is 10.1. The van der Waals surface area contributed by atoms with E-state index in [1.54, 1.807) is 13.2 Å². The van der Waals surface area contributed by atoms with Gasteiger partial charge >= 0.3 is 0 Å². The van der Waals surface area contributed by atoms with Crippen molar-refractivity contribution in [1.29, 1.82) is 0 Å². The molecule has 5 heteroatoms. The lowest BCUT2D eigenvalue weighted by molar-refractivity contribution is 0.415. The van der Waals surface area contributed by atoms with E-state index in [9.17, 15) is 0 Å². The zero-order valence-electron chi connectivity index (χ0n) is 9.51. The van der Waals surface area contributed by atoms with Gasteiger partial charge in [0.15, 0.2) is 5.75 Å². The van der Waals surface area contributed by atoms with Gasteiger partial charge < -0.3 is 14.9 Å². The predicted octanol–water partition coefficient (Wildman–Crippen LogP) is 2.20. The molecule has 5 nitrogen and oxygen atoms in total. The summed E-state index contributed by atoms with van der Waals surface area (Å²) in [6.45, 7) is 0. The third-order valence-electron chi connectivity index (χ3n) is 2.85. The van der Waals surface area contributed by atoms with Gasteiger partial charge in [-0.2, -0.15) is 0 Å². The summed E-state index contributed by atoms with van der Waals surface area (Å²) in [6, 6.07) is 5.48. The molecule has 1 fully saturated rings. The summed E-state index contributed by atoms with van der Waals surface area (Å²) >= 11 is 0. The number of benzene rings is 1. The molecule has 2 N–H and O–H groups in total. The summed E-state index contributed by atoms with van der Waals surface area (Å²) in [7, 11) is 1.58. The van der Waals surface area contributed by atoms with Crippen molar-refractivity contribution < 1.29 is 9.15 Å². The standard InChI is InChI=1S/C12H13N3O2/c1-16-10-8(3-2-4-9(10)13)12-15-14-11(17-12)7-5-6-7/h2-4,7H,5-6,13H2,1H3. The number of hydrogen-bond acceptors (Lipinski definition) is 5. The second-order valence-electron chi connectivity index (χ2n) is 4.15. The molecular weight excluding hydrogens is 218 g/mol. The van der Waals surface area contributed by atoms with Crippen molar-refractivity contribution in [2.45, 2.75) is 18.8 Å². The van der Waals surface area contributed by atoms with Crippen LogP contribution in [0.2, 0.25) is 0 Å². The Labute approximate surface area is 98.6 Å². The molecule has 0 spiro atoms. The molecule has 1 aromatic heterocycles. The van der Waals surface area contributed by atoms with Crippen LogP contribution in [0.1, 0.15) is 24.7 Å². The van der Waals surface area contributed by atoms with E-state index >= 15 is 0 Å². The average Bonchev–Trinajstić information content (AvgIpc) is 3.07. The van der Waals surface area contributed by atoms with Gasteiger partial charge in [-0.25, -0.2) is 0 Å². The highest BCUT2D eigenvalue weighted by Crippen LogP contribution is 2.41. The van der Waals surface area contributed by atoms with Crippen molar-refractivity contribution in [3.8, 4) is 17.2 Å². The molecule has 2 aromatic rings. The average molecular weight is 231 g/mol. The van der Waals surface area contributed by atoms with Crippen molar-refractivity contribution in [3.05, 3.63) is 24.1 Å². The predicted molar refractivity (Wildman–Crippen MR) is 62.7 cm³/mol. The number of nitrogens with two attached hydrogens (primary N) is 1. The Kier molecular flexibility index (Phi) is 2.24. The fourth-order valence-corrected chi connectivity index (χ4v) is 1.79. The maximum absolute atomic E-state index is 5.83. The fourth-order valence-electron chi connectivity index (χ4n) is 1.79. The Morgan fingerprint density at radius 1 is 1.35 bits per heavy atom. The Bertz CT molecular complexity index is 546. The summed E-state index contributed by atoms with van der Waals surface area (Å²) < 4.78 is 10.9. The quantitative estimate of drug-likeness (QED) is 0.820. The lowest BCUT2D eigenvalue weighted by Gasteiger charge is -2.07. The van der Waals surface area contributed by atoms with Crippen molar-refractivity contribution in [2.75, 3.05) is 12.8 Å². The molecule has 1 heterocycles. The van der Waals surface area contributed by atoms with E-state index in [2.05, 4.69) is 10.2 Å². The summed E-state index contributed by atoms with van der Waals surface area (Å²) in [5, 5.41) is 8.09. The van der Waals surface area contributed by atoms with Crippen LogP contribution in [0.15, 0.2) is 22.6 Å². The van der Waals surface area contributed by atoms with Crippen molar-refractivity contribution in [3.63, 3.8) is 0 Å². The topological polar surface area (TPSA) is 74.2 Å². The highest BCUT2D eigenvalue weighted by molar-refractivity contribution is 5.72. The van der Waals surface area contributed by atoms with E-state index in [1.165, 1.54) is 0 Å². The van der Waals surface area contributed by atoms with E-state index in [1.807, 2.05) is 12.1 Å². The summed E-state index contributed by atoms with van der Waals surface area (Å²) in [5.74, 6) is 2.21. The van der Waals surface area contributed by atoms with Gasteiger partial charge in [0.1, 0.15) is 0 Å². The molecule has 0 radical (unpaired) electrons. The molecule has 1 aromatic carbocycles. The molecule has 1 aliphatic rings. The minimum Gasteiger partial charge on any atom is -0.494 e. The van der Waals surface area contributed by atoms with Crippen molar-refractivity contribution in [1.82, 2.24) is 10.2 Å². The molecular formula is C12H13N3O2. The minimum atomic E-state index is 0.448. The van der Waals surface area contributed by atoms with Crippen LogP contribution >= 0.6 is 0 Å². The summed E-state index contributed by atoms with van der Waals surface area (Å²) in [5.41, 5.74) is 7.14. The van der Waals surface area contributed by atoms with Crippen LogP contribution < -0.4 is 10.5 Å². The largest absolute Gasteiger partial charge is 0.494 e. The molecule has 0 unspecified atom stereocenters. The van der Waals surface area contributed by atoms with Gasteiger partial charge in [-0.05, 0) is 25.0 Å². The first-order valence-electron chi connectivity index (χ1n) is 5.56. The molecule has 0 atom stereocenters. The molecule has 17 heavy (non-hydrogen) atoms. The van der Waals surface area contributed by atoms with E-state index in [0.29, 0.717) is 29.1 Å². The molecule has 0 bridgehead atoms. The first kappa shape index (κ1) is 10.1. The van der Waals surface area contributed by atoms with E-state index < -0.39 is 0 Å². The molecule has 1 aliphatic carbocycles. The SMILES string of the molecule is COc1c(N)cccc1-c1nnc(C2CC2)o1. The molecule has 0 aliphatic heterocycles. The van der Waals surface area contributed by atoms with E-state index in [-0.39, 0.29) is 0 Å². The second-order valence-corrected chi connectivity index (χ2v) is 4.15. The number of methoxy groups -OCH3 is 1. The maximum Gasteiger partial charge on any atom is 0.251 e. The number of hydrogen-bond donors (Lipinski definition) is 1. The van der Waals surface area contributed by atoms with Crippen LogP contribution in [0.5, 0.6) is 5.75 Å². The minimum absolute atomic E-state index is 0.448. The smallest absolute Gasteiger partial charge is 0.251 e. The zero-order chi connectivity index (χ0) is 11.8. The van der Waals surface area contributed by atoms with Crippen molar-refractivity contribution >= 4 is 5.69 Å². The first-order chi connectivity index (χ1) is 8.29. The Morgan fingerprint density at radius 2 is 2.18 bits per heavy atom. The monoisotopic (exact) mass is 231 g/mol. The third-order valence-corrected chi connectivity index (χ3v) is 2.85. The Hall–Kier alpha value is -2.04. The number of ether oxygens (including phenoxy) is 1. The normalized spacial score (nSPS) is 14.9. The number of anilines is 1. The Morgan fingerprint density at radius 3 is 2.88 bits per heavy atom. The number of nitrogens with zero attached hydrogens (tertiary/aromatic N) is 2. The number of para-hydroxylation sites is 1. The number of aromatic nitrogens is 2. The van der Waals surface area contributed by atoms with Crippen LogP contribution in [-0.2, 0) is 0 Å². The van der Waals surface area contributed by atoms with E-state index in [0.717, 1.165) is 18.4 Å². The van der Waals surface area contributed by atoms with Gasteiger partial charge in [-0.3, -0.25) is 0 Å². The van der Waals surface area contributed by atoms with Crippen LogP contribution in [0, 0.1) is 0 Å². The van der Waals surface area contributed by atoms with Gasteiger partial charge in [-0.1, -0.05) is 6.07 Å². The third kappa shape index (κ3) is 1.73. The molecule has 3 rings (SSSR count). The van der Waals surface area contributed by atoms with E-state index in [4.69, 9.17) is 14.9 Å². The molecule has 88 valence electrons.